The molecule has 1 heterocycles. The third kappa shape index (κ3) is 2.80. The molecular formula is C9H19NO. The van der Waals surface area contributed by atoms with Crippen molar-refractivity contribution in [3.05, 3.63) is 0 Å². The molecule has 0 aromatic carbocycles. The Hall–Kier alpha value is -0.0800. The van der Waals surface area contributed by atoms with E-state index in [9.17, 15) is 0 Å². The van der Waals surface area contributed by atoms with Crippen LogP contribution < -0.4 is 5.73 Å². The molecule has 0 bridgehead atoms. The highest BCUT2D eigenvalue weighted by atomic mass is 16.5. The Morgan fingerprint density at radius 1 is 1.64 bits per heavy atom. The zero-order chi connectivity index (χ0) is 8.48. The summed E-state index contributed by atoms with van der Waals surface area (Å²) in [4.78, 5) is 0. The molecular weight excluding hydrogens is 138 g/mol. The number of hydrogen-bond donors (Lipinski definition) is 1. The molecule has 0 aliphatic carbocycles. The van der Waals surface area contributed by atoms with Crippen LogP contribution in [0.3, 0.4) is 0 Å². The maximum atomic E-state index is 5.78. The zero-order valence-corrected chi connectivity index (χ0v) is 7.76. The van der Waals surface area contributed by atoms with E-state index in [0.29, 0.717) is 6.10 Å². The first-order valence-corrected chi connectivity index (χ1v) is 4.43. The van der Waals surface area contributed by atoms with Crippen molar-refractivity contribution >= 4 is 0 Å². The average molecular weight is 157 g/mol. The Kier molecular flexibility index (Phi) is 2.55. The Morgan fingerprint density at radius 2 is 2.27 bits per heavy atom. The van der Waals surface area contributed by atoms with Crippen molar-refractivity contribution in [3.8, 4) is 0 Å². The lowest BCUT2D eigenvalue weighted by molar-refractivity contribution is -0.0200. The van der Waals surface area contributed by atoms with Crippen LogP contribution in [0.1, 0.15) is 40.0 Å². The average Bonchev–Trinajstić information content (AvgIpc) is 2.08. The lowest BCUT2D eigenvalue weighted by atomic mass is 10.0. The Balaban J connectivity index is 2.31. The van der Waals surface area contributed by atoms with Gasteiger partial charge >= 0.3 is 0 Å². The van der Waals surface area contributed by atoms with Gasteiger partial charge in [-0.15, -0.1) is 0 Å². The Bertz CT molecular complexity index is 132. The first-order valence-electron chi connectivity index (χ1n) is 4.43. The highest BCUT2D eigenvalue weighted by Gasteiger charge is 2.31. The second-order valence-corrected chi connectivity index (χ2v) is 4.25. The van der Waals surface area contributed by atoms with E-state index in [-0.39, 0.29) is 11.6 Å². The maximum Gasteiger partial charge on any atom is 0.0631 e. The Labute approximate surface area is 69.1 Å². The summed E-state index contributed by atoms with van der Waals surface area (Å²) in [5.74, 6) is 0. The van der Waals surface area contributed by atoms with Crippen LogP contribution >= 0.6 is 0 Å². The molecule has 0 radical (unpaired) electrons. The van der Waals surface area contributed by atoms with E-state index in [2.05, 4.69) is 13.8 Å². The van der Waals surface area contributed by atoms with Crippen molar-refractivity contribution in [1.82, 2.24) is 0 Å². The predicted molar refractivity (Wildman–Crippen MR) is 46.5 cm³/mol. The third-order valence-corrected chi connectivity index (χ3v) is 2.19. The molecule has 0 amide bonds. The molecule has 2 unspecified atom stereocenters. The third-order valence-electron chi connectivity index (χ3n) is 2.19. The van der Waals surface area contributed by atoms with E-state index in [0.717, 1.165) is 6.42 Å². The van der Waals surface area contributed by atoms with Gasteiger partial charge in [0.1, 0.15) is 0 Å². The van der Waals surface area contributed by atoms with Crippen molar-refractivity contribution < 1.29 is 4.74 Å². The first-order chi connectivity index (χ1) is 4.99. The van der Waals surface area contributed by atoms with Gasteiger partial charge in [0.15, 0.2) is 0 Å². The van der Waals surface area contributed by atoms with Gasteiger partial charge in [-0.2, -0.15) is 0 Å². The summed E-state index contributed by atoms with van der Waals surface area (Å²) in [6.45, 7) is 6.33. The van der Waals surface area contributed by atoms with Crippen molar-refractivity contribution in [2.24, 2.45) is 5.73 Å². The van der Waals surface area contributed by atoms with Gasteiger partial charge in [-0.25, -0.2) is 0 Å². The van der Waals surface area contributed by atoms with Crippen LogP contribution in [0.4, 0.5) is 0 Å². The van der Waals surface area contributed by atoms with E-state index in [4.69, 9.17) is 10.5 Å². The summed E-state index contributed by atoms with van der Waals surface area (Å²) < 4.78 is 5.78. The first kappa shape index (κ1) is 9.01. The monoisotopic (exact) mass is 157 g/mol. The van der Waals surface area contributed by atoms with Crippen LogP contribution in [0.5, 0.6) is 0 Å². The molecule has 1 aliphatic heterocycles. The standard InChI is InChI=1S/C9H19NO/c1-7(10)6-8-4-5-9(2,3)11-8/h7-8H,4-6,10H2,1-3H3. The van der Waals surface area contributed by atoms with Gasteiger partial charge in [-0.05, 0) is 40.0 Å². The van der Waals surface area contributed by atoms with Crippen LogP contribution in [0, 0.1) is 0 Å². The van der Waals surface area contributed by atoms with Crippen LogP contribution in [-0.4, -0.2) is 17.7 Å². The lowest BCUT2D eigenvalue weighted by Gasteiger charge is -2.20. The molecule has 11 heavy (non-hydrogen) atoms. The molecule has 1 fully saturated rings. The second-order valence-electron chi connectivity index (χ2n) is 4.25. The number of hydrogen-bond acceptors (Lipinski definition) is 2. The summed E-state index contributed by atoms with van der Waals surface area (Å²) in [5.41, 5.74) is 5.78. The Morgan fingerprint density at radius 3 is 2.64 bits per heavy atom. The molecule has 0 aromatic rings. The molecule has 1 rings (SSSR count). The summed E-state index contributed by atoms with van der Waals surface area (Å²) in [5, 5.41) is 0. The largest absolute Gasteiger partial charge is 0.372 e. The molecule has 2 atom stereocenters. The van der Waals surface area contributed by atoms with Crippen LogP contribution in [0.15, 0.2) is 0 Å². The van der Waals surface area contributed by atoms with E-state index < -0.39 is 0 Å². The molecule has 1 aliphatic rings. The van der Waals surface area contributed by atoms with Crippen LogP contribution in [0.25, 0.3) is 0 Å². The topological polar surface area (TPSA) is 35.2 Å². The summed E-state index contributed by atoms with van der Waals surface area (Å²) >= 11 is 0. The van der Waals surface area contributed by atoms with Gasteiger partial charge in [0, 0.05) is 6.04 Å². The van der Waals surface area contributed by atoms with E-state index >= 15 is 0 Å². The molecule has 1 saturated heterocycles. The van der Waals surface area contributed by atoms with Crippen molar-refractivity contribution in [2.45, 2.75) is 57.8 Å². The number of nitrogens with two attached hydrogens (primary N) is 1. The van der Waals surface area contributed by atoms with Gasteiger partial charge in [-0.3, -0.25) is 0 Å². The summed E-state index contributed by atoms with van der Waals surface area (Å²) in [6, 6.07) is 0.272. The van der Waals surface area contributed by atoms with Gasteiger partial charge in [-0.1, -0.05) is 0 Å². The van der Waals surface area contributed by atoms with Gasteiger partial charge in [0.2, 0.25) is 0 Å². The van der Waals surface area contributed by atoms with Gasteiger partial charge in [0.25, 0.3) is 0 Å². The maximum absolute atomic E-state index is 5.78. The molecule has 66 valence electrons. The minimum absolute atomic E-state index is 0.0968. The van der Waals surface area contributed by atoms with Crippen molar-refractivity contribution in [2.75, 3.05) is 0 Å². The van der Waals surface area contributed by atoms with E-state index in [1.165, 1.54) is 12.8 Å². The second kappa shape index (κ2) is 3.11. The summed E-state index contributed by atoms with van der Waals surface area (Å²) in [6.07, 6.45) is 3.76. The van der Waals surface area contributed by atoms with Crippen LogP contribution in [-0.2, 0) is 4.74 Å². The minimum atomic E-state index is 0.0968. The molecule has 0 saturated carbocycles. The fourth-order valence-electron chi connectivity index (χ4n) is 1.66. The van der Waals surface area contributed by atoms with E-state index in [1.807, 2.05) is 6.92 Å². The van der Waals surface area contributed by atoms with Gasteiger partial charge in [0.05, 0.1) is 11.7 Å². The highest BCUT2D eigenvalue weighted by molar-refractivity contribution is 4.82. The normalized spacial score (nSPS) is 32.2. The minimum Gasteiger partial charge on any atom is -0.372 e. The molecule has 2 N–H and O–H groups in total. The lowest BCUT2D eigenvalue weighted by Crippen LogP contribution is -2.25. The van der Waals surface area contributed by atoms with Crippen LogP contribution in [0.2, 0.25) is 0 Å². The molecule has 0 spiro atoms. The summed E-state index contributed by atoms with van der Waals surface area (Å²) in [7, 11) is 0. The van der Waals surface area contributed by atoms with Gasteiger partial charge < -0.3 is 10.5 Å². The highest BCUT2D eigenvalue weighted by Crippen LogP contribution is 2.31. The fraction of sp³-hybridized carbons (Fsp3) is 1.00. The predicted octanol–water partition coefficient (Wildman–Crippen LogP) is 1.68. The van der Waals surface area contributed by atoms with E-state index in [1.54, 1.807) is 0 Å². The quantitative estimate of drug-likeness (QED) is 0.662. The SMILES string of the molecule is CC(N)CC1CCC(C)(C)O1. The number of ether oxygens (including phenoxy) is 1. The molecule has 2 nitrogen and oxygen atoms in total. The molecule has 2 heteroatoms. The zero-order valence-electron chi connectivity index (χ0n) is 7.76. The smallest absolute Gasteiger partial charge is 0.0631 e. The number of rotatable bonds is 2. The fourth-order valence-corrected chi connectivity index (χ4v) is 1.66. The van der Waals surface area contributed by atoms with Crippen molar-refractivity contribution in [1.29, 1.82) is 0 Å². The van der Waals surface area contributed by atoms with Crippen molar-refractivity contribution in [3.63, 3.8) is 0 Å². The molecule has 0 aromatic heterocycles.